The molecule has 0 unspecified atom stereocenters. The minimum atomic E-state index is -1.36. The SMILES string of the molecule is Cc1ccc([C@@]2(c3ccccc3)NC(=O)N(CC(=O)N3CCC(Cc4ccccc4)CC3)C2=O)cc1C. The molecule has 0 aromatic heterocycles. The summed E-state index contributed by atoms with van der Waals surface area (Å²) in [5.74, 6) is -0.0800. The van der Waals surface area contributed by atoms with Crippen molar-refractivity contribution >= 4 is 17.8 Å². The first-order chi connectivity index (χ1) is 17.9. The van der Waals surface area contributed by atoms with E-state index >= 15 is 0 Å². The van der Waals surface area contributed by atoms with E-state index in [9.17, 15) is 14.4 Å². The molecule has 0 bridgehead atoms. The molecule has 3 aromatic carbocycles. The highest BCUT2D eigenvalue weighted by molar-refractivity contribution is 6.11. The Morgan fingerprint density at radius 3 is 2.16 bits per heavy atom. The summed E-state index contributed by atoms with van der Waals surface area (Å²) < 4.78 is 0. The number of carbonyl (C=O) groups is 3. The Kier molecular flexibility index (Phi) is 6.83. The first-order valence-corrected chi connectivity index (χ1v) is 13.0. The number of imide groups is 1. The Morgan fingerprint density at radius 2 is 1.51 bits per heavy atom. The molecule has 2 aliphatic heterocycles. The standard InChI is InChI=1S/C31H33N3O3/c1-22-13-14-27(19-23(22)2)31(26-11-7-4-8-12-26)29(36)34(30(37)32-31)21-28(35)33-17-15-25(16-18-33)20-24-9-5-3-6-10-24/h3-14,19,25H,15-18,20-21H2,1-2H3,(H,32,37)/t31-/m1/s1. The van der Waals surface area contributed by atoms with Crippen LogP contribution in [-0.2, 0) is 21.5 Å². The molecule has 5 rings (SSSR count). The fraction of sp³-hybridized carbons (Fsp3) is 0.323. The van der Waals surface area contributed by atoms with Gasteiger partial charge in [0.15, 0.2) is 5.54 Å². The van der Waals surface area contributed by atoms with Crippen molar-refractivity contribution in [1.82, 2.24) is 15.1 Å². The number of rotatable bonds is 6. The summed E-state index contributed by atoms with van der Waals surface area (Å²) in [5.41, 5.74) is 3.45. The second kappa shape index (κ2) is 10.2. The van der Waals surface area contributed by atoms with Crippen LogP contribution in [0.2, 0.25) is 0 Å². The number of hydrogen-bond acceptors (Lipinski definition) is 3. The van der Waals surface area contributed by atoms with Crippen molar-refractivity contribution < 1.29 is 14.4 Å². The van der Waals surface area contributed by atoms with Crippen LogP contribution in [0.1, 0.15) is 40.7 Å². The highest BCUT2D eigenvalue weighted by Gasteiger charge is 2.54. The third kappa shape index (κ3) is 4.76. The normalized spacial score (nSPS) is 20.3. The predicted molar refractivity (Wildman–Crippen MR) is 143 cm³/mol. The summed E-state index contributed by atoms with van der Waals surface area (Å²) in [5, 5.41) is 2.96. The van der Waals surface area contributed by atoms with Gasteiger partial charge in [0.2, 0.25) is 5.91 Å². The number of amides is 4. The molecule has 6 nitrogen and oxygen atoms in total. The van der Waals surface area contributed by atoms with Gasteiger partial charge in [-0.3, -0.25) is 14.5 Å². The minimum Gasteiger partial charge on any atom is -0.341 e. The number of piperidine rings is 1. The molecule has 0 saturated carbocycles. The number of benzene rings is 3. The summed E-state index contributed by atoms with van der Waals surface area (Å²) in [7, 11) is 0. The molecule has 0 spiro atoms. The van der Waals surface area contributed by atoms with Crippen LogP contribution in [0.25, 0.3) is 0 Å². The van der Waals surface area contributed by atoms with E-state index in [1.165, 1.54) is 5.56 Å². The topological polar surface area (TPSA) is 69.7 Å². The molecular formula is C31H33N3O3. The minimum absolute atomic E-state index is 0.189. The molecule has 190 valence electrons. The third-order valence-electron chi connectivity index (χ3n) is 7.88. The number of urea groups is 1. The quantitative estimate of drug-likeness (QED) is 0.509. The largest absolute Gasteiger partial charge is 0.341 e. The molecule has 2 aliphatic rings. The number of nitrogens with zero attached hydrogens (tertiary/aromatic N) is 2. The zero-order valence-corrected chi connectivity index (χ0v) is 21.4. The smallest absolute Gasteiger partial charge is 0.326 e. The van der Waals surface area contributed by atoms with Gasteiger partial charge in [-0.1, -0.05) is 78.9 Å². The molecule has 1 N–H and O–H groups in total. The Labute approximate surface area is 218 Å². The van der Waals surface area contributed by atoms with Crippen molar-refractivity contribution in [3.8, 4) is 0 Å². The Hall–Kier alpha value is -3.93. The summed E-state index contributed by atoms with van der Waals surface area (Å²) in [6, 6.07) is 24.9. The van der Waals surface area contributed by atoms with Crippen LogP contribution in [0, 0.1) is 19.8 Å². The van der Waals surface area contributed by atoms with Crippen LogP contribution in [0.15, 0.2) is 78.9 Å². The van der Waals surface area contributed by atoms with Crippen molar-refractivity contribution in [3.63, 3.8) is 0 Å². The maximum Gasteiger partial charge on any atom is 0.326 e. The zero-order valence-electron chi connectivity index (χ0n) is 21.4. The molecule has 37 heavy (non-hydrogen) atoms. The Balaban J connectivity index is 1.32. The van der Waals surface area contributed by atoms with Crippen molar-refractivity contribution in [2.75, 3.05) is 19.6 Å². The molecule has 3 aromatic rings. The van der Waals surface area contributed by atoms with Gasteiger partial charge in [0.1, 0.15) is 6.54 Å². The highest BCUT2D eigenvalue weighted by atomic mass is 16.2. The lowest BCUT2D eigenvalue weighted by molar-refractivity contribution is -0.139. The monoisotopic (exact) mass is 495 g/mol. The van der Waals surface area contributed by atoms with Gasteiger partial charge in [-0.25, -0.2) is 4.79 Å². The number of aryl methyl sites for hydroxylation is 2. The van der Waals surface area contributed by atoms with Crippen molar-refractivity contribution in [1.29, 1.82) is 0 Å². The molecule has 2 saturated heterocycles. The average Bonchev–Trinajstić information content (AvgIpc) is 3.17. The molecule has 2 fully saturated rings. The van der Waals surface area contributed by atoms with Crippen LogP contribution in [0.4, 0.5) is 4.79 Å². The second-order valence-electron chi connectivity index (χ2n) is 10.3. The maximum absolute atomic E-state index is 14.0. The van der Waals surface area contributed by atoms with Gasteiger partial charge in [-0.15, -0.1) is 0 Å². The van der Waals surface area contributed by atoms with E-state index in [1.807, 2.05) is 68.4 Å². The summed E-state index contributed by atoms with van der Waals surface area (Å²) in [6.07, 6.45) is 2.83. The first-order valence-electron chi connectivity index (χ1n) is 13.0. The molecule has 0 radical (unpaired) electrons. The summed E-state index contributed by atoms with van der Waals surface area (Å²) in [4.78, 5) is 43.3. The van der Waals surface area contributed by atoms with Crippen LogP contribution >= 0.6 is 0 Å². The summed E-state index contributed by atoms with van der Waals surface area (Å²) >= 11 is 0. The van der Waals surface area contributed by atoms with Gasteiger partial charge in [-0.2, -0.15) is 0 Å². The lowest BCUT2D eigenvalue weighted by Crippen LogP contribution is -2.48. The van der Waals surface area contributed by atoms with E-state index in [2.05, 4.69) is 29.6 Å². The fourth-order valence-electron chi connectivity index (χ4n) is 5.51. The lowest BCUT2D eigenvalue weighted by Gasteiger charge is -2.33. The number of likely N-dealkylation sites (tertiary alicyclic amines) is 1. The molecular weight excluding hydrogens is 462 g/mol. The number of carbonyl (C=O) groups excluding carboxylic acids is 3. The van der Waals surface area contributed by atoms with E-state index in [0.717, 1.165) is 35.3 Å². The molecule has 2 heterocycles. The van der Waals surface area contributed by atoms with E-state index in [0.29, 0.717) is 30.1 Å². The van der Waals surface area contributed by atoms with Crippen molar-refractivity contribution in [2.45, 2.75) is 38.6 Å². The van der Waals surface area contributed by atoms with Crippen LogP contribution in [-0.4, -0.2) is 47.3 Å². The van der Waals surface area contributed by atoms with E-state index in [1.54, 1.807) is 4.90 Å². The van der Waals surface area contributed by atoms with Crippen LogP contribution in [0.5, 0.6) is 0 Å². The van der Waals surface area contributed by atoms with Gasteiger partial charge in [-0.05, 0) is 66.8 Å². The van der Waals surface area contributed by atoms with Gasteiger partial charge in [0.05, 0.1) is 0 Å². The van der Waals surface area contributed by atoms with Gasteiger partial charge >= 0.3 is 6.03 Å². The van der Waals surface area contributed by atoms with Gasteiger partial charge in [0, 0.05) is 13.1 Å². The predicted octanol–water partition coefficient (Wildman–Crippen LogP) is 4.58. The van der Waals surface area contributed by atoms with Crippen molar-refractivity contribution in [2.24, 2.45) is 5.92 Å². The highest BCUT2D eigenvalue weighted by Crippen LogP contribution is 2.37. The number of nitrogens with one attached hydrogen (secondary N) is 1. The van der Waals surface area contributed by atoms with Crippen LogP contribution < -0.4 is 5.32 Å². The lowest BCUT2D eigenvalue weighted by atomic mass is 9.81. The molecule has 6 heteroatoms. The maximum atomic E-state index is 14.0. The third-order valence-corrected chi connectivity index (χ3v) is 7.88. The van der Waals surface area contributed by atoms with E-state index in [-0.39, 0.29) is 12.5 Å². The van der Waals surface area contributed by atoms with Crippen LogP contribution in [0.3, 0.4) is 0 Å². The van der Waals surface area contributed by atoms with Gasteiger partial charge in [0.25, 0.3) is 5.91 Å². The first kappa shape index (κ1) is 24.8. The molecule has 4 amide bonds. The zero-order chi connectivity index (χ0) is 26.0. The number of hydrogen-bond donors (Lipinski definition) is 1. The average molecular weight is 496 g/mol. The second-order valence-corrected chi connectivity index (χ2v) is 10.3. The fourth-order valence-corrected chi connectivity index (χ4v) is 5.51. The van der Waals surface area contributed by atoms with E-state index < -0.39 is 17.5 Å². The Bertz CT molecular complexity index is 1300. The van der Waals surface area contributed by atoms with E-state index in [4.69, 9.17) is 0 Å². The summed E-state index contributed by atoms with van der Waals surface area (Å²) in [6.45, 7) is 5.02. The molecule has 1 atom stereocenters. The van der Waals surface area contributed by atoms with Gasteiger partial charge < -0.3 is 10.2 Å². The molecule has 0 aliphatic carbocycles. The Morgan fingerprint density at radius 1 is 0.865 bits per heavy atom. The van der Waals surface area contributed by atoms with Crippen molar-refractivity contribution in [3.05, 3.63) is 107 Å².